The Hall–Kier alpha value is -3.53. The molecule has 0 aliphatic carbocycles. The molecule has 0 unspecified atom stereocenters. The number of para-hydroxylation sites is 1. The van der Waals surface area contributed by atoms with Gasteiger partial charge in [0.15, 0.2) is 0 Å². The van der Waals surface area contributed by atoms with E-state index in [-0.39, 0.29) is 18.6 Å². The Morgan fingerprint density at radius 2 is 2.00 bits per heavy atom. The minimum Gasteiger partial charge on any atom is -0.490 e. The standard InChI is InChI=1S/C27H26N2O3S/c1-18(2)32-26-12-10-19(9-11-22-6-5-13-33-22)14-24(26)27(31)29-21(17-30)15-20-16-28-25-8-4-3-7-23(20)25/h3-8,10,12-14,16,18,21,28,30H,15,17H2,1-2H3,(H,29,31)/t21-/m1/s1. The third-order valence-electron chi connectivity index (χ3n) is 5.13. The molecular formula is C27H26N2O3S. The maximum Gasteiger partial charge on any atom is 0.255 e. The van der Waals surface area contributed by atoms with Crippen LogP contribution in [-0.4, -0.2) is 34.8 Å². The number of benzene rings is 2. The van der Waals surface area contributed by atoms with Crippen LogP contribution in [0, 0.1) is 11.8 Å². The van der Waals surface area contributed by atoms with E-state index >= 15 is 0 Å². The minimum atomic E-state index is -0.440. The molecule has 168 valence electrons. The van der Waals surface area contributed by atoms with Gasteiger partial charge in [0.05, 0.1) is 29.2 Å². The Balaban J connectivity index is 1.57. The number of rotatable bonds is 7. The number of amides is 1. The van der Waals surface area contributed by atoms with Gasteiger partial charge in [-0.1, -0.05) is 36.1 Å². The normalized spacial score (nSPS) is 11.8. The molecule has 0 radical (unpaired) electrons. The molecule has 0 saturated heterocycles. The number of aromatic nitrogens is 1. The van der Waals surface area contributed by atoms with E-state index in [0.717, 1.165) is 26.9 Å². The number of aliphatic hydroxyl groups is 1. The van der Waals surface area contributed by atoms with Gasteiger partial charge in [0.25, 0.3) is 5.91 Å². The van der Waals surface area contributed by atoms with Crippen LogP contribution < -0.4 is 10.1 Å². The SMILES string of the molecule is CC(C)Oc1ccc(C#Cc2cccs2)cc1C(=O)N[C@@H](CO)Cc1c[nH]c2ccccc12. The molecule has 6 heteroatoms. The minimum absolute atomic E-state index is 0.0838. The van der Waals surface area contributed by atoms with E-state index in [1.165, 1.54) is 0 Å². The number of aliphatic hydroxyl groups excluding tert-OH is 1. The third-order valence-corrected chi connectivity index (χ3v) is 5.92. The van der Waals surface area contributed by atoms with E-state index in [0.29, 0.717) is 17.7 Å². The van der Waals surface area contributed by atoms with Crippen LogP contribution >= 0.6 is 11.3 Å². The zero-order valence-electron chi connectivity index (χ0n) is 18.6. The fourth-order valence-electron chi connectivity index (χ4n) is 3.62. The number of ether oxygens (including phenoxy) is 1. The number of hydrogen-bond acceptors (Lipinski definition) is 4. The average molecular weight is 459 g/mol. The Morgan fingerprint density at radius 3 is 2.76 bits per heavy atom. The molecule has 4 rings (SSSR count). The lowest BCUT2D eigenvalue weighted by Gasteiger charge is -2.19. The van der Waals surface area contributed by atoms with E-state index in [2.05, 4.69) is 22.1 Å². The first kappa shape index (κ1) is 22.7. The number of fused-ring (bicyclic) bond motifs is 1. The van der Waals surface area contributed by atoms with Gasteiger partial charge in [0, 0.05) is 22.7 Å². The van der Waals surface area contributed by atoms with Crippen LogP contribution in [0.25, 0.3) is 10.9 Å². The summed E-state index contributed by atoms with van der Waals surface area (Å²) in [4.78, 5) is 17.4. The molecule has 1 amide bonds. The Kier molecular flexibility index (Phi) is 7.13. The Labute approximate surface area is 197 Å². The summed E-state index contributed by atoms with van der Waals surface area (Å²) in [6.45, 7) is 3.66. The highest BCUT2D eigenvalue weighted by molar-refractivity contribution is 7.10. The molecule has 2 aromatic heterocycles. The van der Waals surface area contributed by atoms with Crippen molar-refractivity contribution in [2.45, 2.75) is 32.4 Å². The fraction of sp³-hybridized carbons (Fsp3) is 0.222. The van der Waals surface area contributed by atoms with Crippen molar-refractivity contribution in [1.82, 2.24) is 10.3 Å². The molecule has 0 aliphatic heterocycles. The van der Waals surface area contributed by atoms with Gasteiger partial charge in [-0.2, -0.15) is 0 Å². The number of thiophene rings is 1. The molecule has 0 bridgehead atoms. The molecule has 4 aromatic rings. The zero-order valence-corrected chi connectivity index (χ0v) is 19.4. The lowest BCUT2D eigenvalue weighted by Crippen LogP contribution is -2.39. The van der Waals surface area contributed by atoms with Crippen LogP contribution in [0.15, 0.2) is 66.2 Å². The highest BCUT2D eigenvalue weighted by Crippen LogP contribution is 2.23. The molecule has 0 saturated carbocycles. The van der Waals surface area contributed by atoms with Crippen LogP contribution in [0.1, 0.15) is 40.2 Å². The second-order valence-corrected chi connectivity index (χ2v) is 8.97. The van der Waals surface area contributed by atoms with E-state index in [1.54, 1.807) is 23.5 Å². The van der Waals surface area contributed by atoms with E-state index < -0.39 is 6.04 Å². The molecule has 3 N–H and O–H groups in total. The number of H-pyrrole nitrogens is 1. The highest BCUT2D eigenvalue weighted by Gasteiger charge is 2.19. The fourth-order valence-corrected chi connectivity index (χ4v) is 4.19. The molecule has 2 aromatic carbocycles. The van der Waals surface area contributed by atoms with Gasteiger partial charge in [-0.05, 0) is 61.5 Å². The Bertz CT molecular complexity index is 1300. The average Bonchev–Trinajstić information content (AvgIpc) is 3.48. The number of hydrogen-bond donors (Lipinski definition) is 3. The number of nitrogens with one attached hydrogen (secondary N) is 2. The van der Waals surface area contributed by atoms with Crippen LogP contribution in [0.2, 0.25) is 0 Å². The van der Waals surface area contributed by atoms with Gasteiger partial charge in [-0.3, -0.25) is 4.79 Å². The number of carbonyl (C=O) groups excluding carboxylic acids is 1. The summed E-state index contributed by atoms with van der Waals surface area (Å²) in [5.41, 5.74) is 3.19. The van der Waals surface area contributed by atoms with Gasteiger partial charge in [-0.15, -0.1) is 11.3 Å². The summed E-state index contributed by atoms with van der Waals surface area (Å²) < 4.78 is 5.88. The molecule has 0 spiro atoms. The monoisotopic (exact) mass is 458 g/mol. The Morgan fingerprint density at radius 1 is 1.15 bits per heavy atom. The first-order valence-corrected chi connectivity index (χ1v) is 11.7. The summed E-state index contributed by atoms with van der Waals surface area (Å²) in [6, 6.07) is 16.8. The van der Waals surface area contributed by atoms with Crippen molar-refractivity contribution >= 4 is 28.1 Å². The summed E-state index contributed by atoms with van der Waals surface area (Å²) in [7, 11) is 0. The number of aromatic amines is 1. The number of carbonyl (C=O) groups is 1. The first-order valence-electron chi connectivity index (χ1n) is 10.9. The summed E-state index contributed by atoms with van der Waals surface area (Å²) in [6.07, 6.45) is 2.34. The molecule has 5 nitrogen and oxygen atoms in total. The van der Waals surface area contributed by atoms with Crippen molar-refractivity contribution < 1.29 is 14.6 Å². The van der Waals surface area contributed by atoms with Crippen molar-refractivity contribution in [1.29, 1.82) is 0 Å². The van der Waals surface area contributed by atoms with Crippen molar-refractivity contribution in [2.24, 2.45) is 0 Å². The molecule has 0 aliphatic rings. The van der Waals surface area contributed by atoms with Gasteiger partial charge >= 0.3 is 0 Å². The largest absolute Gasteiger partial charge is 0.490 e. The molecule has 33 heavy (non-hydrogen) atoms. The maximum absolute atomic E-state index is 13.2. The highest BCUT2D eigenvalue weighted by atomic mass is 32.1. The van der Waals surface area contributed by atoms with Gasteiger partial charge in [-0.25, -0.2) is 0 Å². The van der Waals surface area contributed by atoms with E-state index in [9.17, 15) is 9.90 Å². The van der Waals surface area contributed by atoms with Crippen LogP contribution in [0.4, 0.5) is 0 Å². The summed E-state index contributed by atoms with van der Waals surface area (Å²) in [5, 5.41) is 16.0. The lowest BCUT2D eigenvalue weighted by atomic mass is 10.0. The van der Waals surface area contributed by atoms with Crippen LogP contribution in [0.5, 0.6) is 5.75 Å². The van der Waals surface area contributed by atoms with Gasteiger partial charge in [0.1, 0.15) is 5.75 Å². The maximum atomic E-state index is 13.2. The molecule has 0 fully saturated rings. The second-order valence-electron chi connectivity index (χ2n) is 8.02. The summed E-state index contributed by atoms with van der Waals surface area (Å²) >= 11 is 1.57. The van der Waals surface area contributed by atoms with Crippen LogP contribution in [-0.2, 0) is 6.42 Å². The predicted molar refractivity (Wildman–Crippen MR) is 133 cm³/mol. The second kappa shape index (κ2) is 10.4. The first-order chi connectivity index (χ1) is 16.0. The predicted octanol–water partition coefficient (Wildman–Crippen LogP) is 4.75. The van der Waals surface area contributed by atoms with Gasteiger partial charge in [0.2, 0.25) is 0 Å². The zero-order chi connectivity index (χ0) is 23.2. The van der Waals surface area contributed by atoms with Crippen molar-refractivity contribution in [3.63, 3.8) is 0 Å². The molecular weight excluding hydrogens is 432 g/mol. The van der Waals surface area contributed by atoms with Gasteiger partial charge < -0.3 is 20.1 Å². The van der Waals surface area contributed by atoms with Crippen molar-refractivity contribution in [3.8, 4) is 17.6 Å². The van der Waals surface area contributed by atoms with Crippen molar-refractivity contribution in [2.75, 3.05) is 6.61 Å². The quantitative estimate of drug-likeness (QED) is 0.350. The van der Waals surface area contributed by atoms with Crippen LogP contribution in [0.3, 0.4) is 0 Å². The molecule has 2 heterocycles. The topological polar surface area (TPSA) is 74.3 Å². The summed E-state index contributed by atoms with van der Waals surface area (Å²) in [5.74, 6) is 6.43. The molecule has 1 atom stereocenters. The third kappa shape index (κ3) is 5.64. The smallest absolute Gasteiger partial charge is 0.255 e. The lowest BCUT2D eigenvalue weighted by molar-refractivity contribution is 0.0910. The van der Waals surface area contributed by atoms with E-state index in [1.807, 2.05) is 67.9 Å². The van der Waals surface area contributed by atoms with E-state index in [4.69, 9.17) is 4.74 Å². The van der Waals surface area contributed by atoms with Crippen molar-refractivity contribution in [3.05, 3.63) is 87.7 Å².